The van der Waals surface area contributed by atoms with E-state index >= 15 is 0 Å². The van der Waals surface area contributed by atoms with Crippen LogP contribution in [0.25, 0.3) is 0 Å². The zero-order valence-corrected chi connectivity index (χ0v) is 10.9. The van der Waals surface area contributed by atoms with E-state index in [9.17, 15) is 0 Å². The number of hydrogen-bond acceptors (Lipinski definition) is 4. The van der Waals surface area contributed by atoms with Gasteiger partial charge in [0.25, 0.3) is 0 Å². The van der Waals surface area contributed by atoms with Crippen molar-refractivity contribution in [2.45, 2.75) is 44.8 Å². The second-order valence-corrected chi connectivity index (χ2v) is 4.73. The first kappa shape index (κ1) is 12.6. The van der Waals surface area contributed by atoms with Crippen LogP contribution in [-0.2, 0) is 4.74 Å². The number of rotatable bonds is 3. The summed E-state index contributed by atoms with van der Waals surface area (Å²) in [5.74, 6) is 1.19. The van der Waals surface area contributed by atoms with E-state index in [4.69, 9.17) is 21.1 Å². The molecule has 0 bridgehead atoms. The molecule has 17 heavy (non-hydrogen) atoms. The highest BCUT2D eigenvalue weighted by atomic mass is 35.5. The number of ether oxygens (including phenoxy) is 2. The molecule has 2 atom stereocenters. The van der Waals surface area contributed by atoms with Gasteiger partial charge in [0.1, 0.15) is 17.1 Å². The molecule has 0 aliphatic heterocycles. The van der Waals surface area contributed by atoms with Gasteiger partial charge in [-0.25, -0.2) is 4.98 Å². The van der Waals surface area contributed by atoms with Gasteiger partial charge in [0.15, 0.2) is 0 Å². The molecule has 0 spiro atoms. The molecule has 0 radical (unpaired) electrons. The summed E-state index contributed by atoms with van der Waals surface area (Å²) in [6, 6.07) is 1.66. The summed E-state index contributed by atoms with van der Waals surface area (Å²) in [7, 11) is 1.75. The Hall–Kier alpha value is -0.870. The Morgan fingerprint density at radius 3 is 2.76 bits per heavy atom. The largest absolute Gasteiger partial charge is 0.474 e. The predicted octanol–water partition coefficient (Wildman–Crippen LogP) is 2.77. The molecule has 0 saturated heterocycles. The number of hydrogen-bond donors (Lipinski definition) is 0. The monoisotopic (exact) mass is 256 g/mol. The van der Waals surface area contributed by atoms with Crippen LogP contribution in [0.5, 0.6) is 5.88 Å². The van der Waals surface area contributed by atoms with E-state index in [2.05, 4.69) is 9.97 Å². The molecule has 0 amide bonds. The Balaban J connectivity index is 2.00. The van der Waals surface area contributed by atoms with Crippen LogP contribution in [0.2, 0.25) is 5.15 Å². The molecule has 1 aliphatic rings. The fourth-order valence-electron chi connectivity index (χ4n) is 2.16. The van der Waals surface area contributed by atoms with Crippen molar-refractivity contribution in [1.82, 2.24) is 9.97 Å². The maximum atomic E-state index is 5.87. The molecule has 4 nitrogen and oxygen atoms in total. The van der Waals surface area contributed by atoms with Gasteiger partial charge in [0.05, 0.1) is 6.10 Å². The van der Waals surface area contributed by atoms with Crippen LogP contribution < -0.4 is 4.74 Å². The fraction of sp³-hybridized carbons (Fsp3) is 0.667. The van der Waals surface area contributed by atoms with Crippen LogP contribution in [-0.4, -0.2) is 29.3 Å². The molecule has 1 aromatic rings. The highest BCUT2D eigenvalue weighted by Crippen LogP contribution is 2.25. The van der Waals surface area contributed by atoms with Crippen molar-refractivity contribution < 1.29 is 9.47 Å². The van der Waals surface area contributed by atoms with Gasteiger partial charge in [0, 0.05) is 19.6 Å². The van der Waals surface area contributed by atoms with Gasteiger partial charge in [-0.05, 0) is 26.2 Å². The zero-order valence-electron chi connectivity index (χ0n) is 10.1. The molecule has 0 aromatic carbocycles. The van der Waals surface area contributed by atoms with Crippen LogP contribution in [0.15, 0.2) is 6.07 Å². The average molecular weight is 257 g/mol. The van der Waals surface area contributed by atoms with Gasteiger partial charge >= 0.3 is 0 Å². The number of methoxy groups -OCH3 is 1. The van der Waals surface area contributed by atoms with Gasteiger partial charge in [-0.2, -0.15) is 4.98 Å². The Morgan fingerprint density at radius 1 is 1.29 bits per heavy atom. The first-order valence-corrected chi connectivity index (χ1v) is 6.26. The van der Waals surface area contributed by atoms with E-state index in [-0.39, 0.29) is 6.10 Å². The second-order valence-electron chi connectivity index (χ2n) is 4.34. The normalized spacial score (nSPS) is 24.6. The third-order valence-electron chi connectivity index (χ3n) is 2.98. The highest BCUT2D eigenvalue weighted by molar-refractivity contribution is 6.29. The van der Waals surface area contributed by atoms with Crippen molar-refractivity contribution in [2.24, 2.45) is 0 Å². The van der Waals surface area contributed by atoms with E-state index in [1.807, 2.05) is 0 Å². The van der Waals surface area contributed by atoms with Crippen molar-refractivity contribution >= 4 is 11.6 Å². The van der Waals surface area contributed by atoms with E-state index in [0.717, 1.165) is 25.7 Å². The lowest BCUT2D eigenvalue weighted by Gasteiger charge is -2.28. The van der Waals surface area contributed by atoms with Crippen molar-refractivity contribution in [3.63, 3.8) is 0 Å². The maximum absolute atomic E-state index is 5.87. The Bertz CT molecular complexity index is 367. The SMILES string of the molecule is COC1CCCC(Oc2cc(Cl)nc(C)n2)C1. The predicted molar refractivity (Wildman–Crippen MR) is 65.5 cm³/mol. The lowest BCUT2D eigenvalue weighted by molar-refractivity contribution is 0.0194. The number of aryl methyl sites for hydroxylation is 1. The van der Waals surface area contributed by atoms with Crippen molar-refractivity contribution in [3.8, 4) is 5.88 Å². The number of nitrogens with zero attached hydrogens (tertiary/aromatic N) is 2. The van der Waals surface area contributed by atoms with Crippen LogP contribution >= 0.6 is 11.6 Å². The molecule has 1 fully saturated rings. The van der Waals surface area contributed by atoms with Crippen LogP contribution in [0.4, 0.5) is 0 Å². The van der Waals surface area contributed by atoms with Crippen molar-refractivity contribution in [3.05, 3.63) is 17.0 Å². The number of aromatic nitrogens is 2. The van der Waals surface area contributed by atoms with Crippen LogP contribution in [0.3, 0.4) is 0 Å². The highest BCUT2D eigenvalue weighted by Gasteiger charge is 2.23. The van der Waals surface area contributed by atoms with E-state index in [1.54, 1.807) is 20.1 Å². The average Bonchev–Trinajstić information content (AvgIpc) is 2.28. The summed E-state index contributed by atoms with van der Waals surface area (Å²) >= 11 is 5.87. The minimum Gasteiger partial charge on any atom is -0.474 e. The molecule has 94 valence electrons. The summed E-state index contributed by atoms with van der Waals surface area (Å²) < 4.78 is 11.2. The summed E-state index contributed by atoms with van der Waals surface area (Å²) in [6.45, 7) is 1.80. The minimum absolute atomic E-state index is 0.166. The molecule has 2 rings (SSSR count). The van der Waals surface area contributed by atoms with Crippen molar-refractivity contribution in [1.29, 1.82) is 0 Å². The van der Waals surface area contributed by atoms with E-state index in [1.165, 1.54) is 0 Å². The molecule has 1 heterocycles. The second kappa shape index (κ2) is 5.65. The summed E-state index contributed by atoms with van der Waals surface area (Å²) in [4.78, 5) is 8.23. The van der Waals surface area contributed by atoms with Gasteiger partial charge in [-0.3, -0.25) is 0 Å². The van der Waals surface area contributed by atoms with E-state index in [0.29, 0.717) is 23.0 Å². The molecule has 2 unspecified atom stereocenters. The smallest absolute Gasteiger partial charge is 0.218 e. The van der Waals surface area contributed by atoms with E-state index < -0.39 is 0 Å². The zero-order chi connectivity index (χ0) is 12.3. The Morgan fingerprint density at radius 2 is 2.06 bits per heavy atom. The van der Waals surface area contributed by atoms with Gasteiger partial charge in [-0.15, -0.1) is 0 Å². The molecule has 1 aliphatic carbocycles. The summed E-state index contributed by atoms with van der Waals surface area (Å²) in [5.41, 5.74) is 0. The Labute approximate surface area is 106 Å². The van der Waals surface area contributed by atoms with Gasteiger partial charge in [-0.1, -0.05) is 11.6 Å². The first-order valence-electron chi connectivity index (χ1n) is 5.88. The molecule has 0 N–H and O–H groups in total. The lowest BCUT2D eigenvalue weighted by Crippen LogP contribution is -2.29. The summed E-state index contributed by atoms with van der Waals surface area (Å²) in [6.07, 6.45) is 4.66. The standard InChI is InChI=1S/C12H17ClN2O2/c1-8-14-11(13)7-12(15-8)17-10-5-3-4-9(6-10)16-2/h7,9-10H,3-6H2,1-2H3. The fourth-order valence-corrected chi connectivity index (χ4v) is 2.38. The van der Waals surface area contributed by atoms with Crippen LogP contribution in [0, 0.1) is 6.92 Å². The molecule has 5 heteroatoms. The minimum atomic E-state index is 0.166. The third kappa shape index (κ3) is 3.54. The topological polar surface area (TPSA) is 44.2 Å². The maximum Gasteiger partial charge on any atom is 0.218 e. The lowest BCUT2D eigenvalue weighted by atomic mass is 9.95. The number of halogens is 1. The quantitative estimate of drug-likeness (QED) is 0.780. The van der Waals surface area contributed by atoms with Gasteiger partial charge in [0.2, 0.25) is 5.88 Å². The third-order valence-corrected chi connectivity index (χ3v) is 3.18. The van der Waals surface area contributed by atoms with Gasteiger partial charge < -0.3 is 9.47 Å². The molecule has 1 aromatic heterocycles. The van der Waals surface area contributed by atoms with Crippen LogP contribution in [0.1, 0.15) is 31.5 Å². The Kier molecular flexibility index (Phi) is 4.18. The molecular weight excluding hydrogens is 240 g/mol. The van der Waals surface area contributed by atoms with Crippen molar-refractivity contribution in [2.75, 3.05) is 7.11 Å². The first-order chi connectivity index (χ1) is 8.17. The molecular formula is C12H17ClN2O2. The summed E-state index contributed by atoms with van der Waals surface area (Å²) in [5, 5.41) is 0.423. The molecule has 1 saturated carbocycles.